The van der Waals surface area contributed by atoms with Crippen LogP contribution in [0.2, 0.25) is 0 Å². The molecule has 1 aliphatic heterocycles. The van der Waals surface area contributed by atoms with E-state index >= 15 is 0 Å². The van der Waals surface area contributed by atoms with Crippen molar-refractivity contribution >= 4 is 35.1 Å². The highest BCUT2D eigenvalue weighted by atomic mass is 16.6. The highest BCUT2D eigenvalue weighted by molar-refractivity contribution is 6.45. The monoisotopic (exact) mass is 533 g/mol. The second-order valence-corrected chi connectivity index (χ2v) is 9.02. The van der Waals surface area contributed by atoms with Crippen LogP contribution in [-0.2, 0) is 19.1 Å². The van der Waals surface area contributed by atoms with Gasteiger partial charge in [-0.15, -0.1) is 0 Å². The molecule has 1 heterocycles. The van der Waals surface area contributed by atoms with E-state index in [2.05, 4.69) is 5.32 Å². The first-order valence-corrected chi connectivity index (χ1v) is 12.4. The Morgan fingerprint density at radius 3 is 2.08 bits per heavy atom. The molecule has 0 aliphatic carbocycles. The summed E-state index contributed by atoms with van der Waals surface area (Å²) in [5.41, 5.74) is 2.09. The number of ketones is 2. The van der Waals surface area contributed by atoms with Gasteiger partial charge < -0.3 is 14.8 Å². The van der Waals surface area contributed by atoms with Gasteiger partial charge >= 0.3 is 11.9 Å². The number of amides is 1. The fraction of sp³-hybridized carbons (Fsp3) is 0.0938. The molecule has 198 valence electrons. The lowest BCUT2D eigenvalue weighted by atomic mass is 9.82. The molecule has 1 N–H and O–H groups in total. The summed E-state index contributed by atoms with van der Waals surface area (Å²) in [5, 5.41) is 2.44. The number of cyclic esters (lactones) is 1. The molecule has 0 saturated carbocycles. The molecule has 1 aliphatic rings. The van der Waals surface area contributed by atoms with Gasteiger partial charge in [0.25, 0.3) is 5.91 Å². The SMILES string of the molecule is COC(=O)c1ccccc1NC(=O)C(=O)[C@@H](C(=O)c1ccccc1-c1ccccc1)[C@@H]1OC(=O)c2ccccc21. The van der Waals surface area contributed by atoms with Gasteiger partial charge in [-0.3, -0.25) is 14.4 Å². The van der Waals surface area contributed by atoms with Crippen LogP contribution in [0.15, 0.2) is 103 Å². The molecule has 1 amide bonds. The first-order chi connectivity index (χ1) is 19.4. The highest BCUT2D eigenvalue weighted by Gasteiger charge is 2.46. The Bertz CT molecular complexity index is 1640. The number of benzene rings is 4. The van der Waals surface area contributed by atoms with Gasteiger partial charge in [0.15, 0.2) is 5.78 Å². The predicted octanol–water partition coefficient (Wildman–Crippen LogP) is 5.06. The number of esters is 2. The third-order valence-electron chi connectivity index (χ3n) is 6.67. The summed E-state index contributed by atoms with van der Waals surface area (Å²) in [6.45, 7) is 0. The van der Waals surface area contributed by atoms with Crippen LogP contribution in [0.4, 0.5) is 5.69 Å². The van der Waals surface area contributed by atoms with Crippen LogP contribution in [0.3, 0.4) is 0 Å². The minimum atomic E-state index is -1.69. The van der Waals surface area contributed by atoms with Crippen molar-refractivity contribution in [2.45, 2.75) is 6.10 Å². The fourth-order valence-electron chi connectivity index (χ4n) is 4.76. The third kappa shape index (κ3) is 4.90. The Morgan fingerprint density at radius 2 is 1.35 bits per heavy atom. The maximum absolute atomic E-state index is 14.2. The van der Waals surface area contributed by atoms with Crippen molar-refractivity contribution in [3.63, 3.8) is 0 Å². The Labute approximate surface area is 229 Å². The van der Waals surface area contributed by atoms with E-state index in [9.17, 15) is 24.0 Å². The molecule has 5 rings (SSSR count). The molecule has 0 saturated heterocycles. The molecule has 8 nitrogen and oxygen atoms in total. The zero-order valence-corrected chi connectivity index (χ0v) is 21.3. The number of para-hydroxylation sites is 1. The molecular formula is C32H23NO7. The van der Waals surface area contributed by atoms with Crippen LogP contribution < -0.4 is 5.32 Å². The molecule has 0 spiro atoms. The number of rotatable bonds is 8. The van der Waals surface area contributed by atoms with E-state index in [1.54, 1.807) is 54.6 Å². The Morgan fingerprint density at radius 1 is 0.750 bits per heavy atom. The summed E-state index contributed by atoms with van der Waals surface area (Å²) in [5.74, 6) is -6.06. The lowest BCUT2D eigenvalue weighted by Crippen LogP contribution is -2.38. The van der Waals surface area contributed by atoms with Gasteiger partial charge in [-0.25, -0.2) is 9.59 Å². The molecule has 0 unspecified atom stereocenters. The summed E-state index contributed by atoms with van der Waals surface area (Å²) in [7, 11) is 1.19. The van der Waals surface area contributed by atoms with Gasteiger partial charge in [-0.05, 0) is 29.3 Å². The van der Waals surface area contributed by atoms with Gasteiger partial charge in [0, 0.05) is 11.1 Å². The Hall–Kier alpha value is -5.37. The number of fused-ring (bicyclic) bond motifs is 1. The summed E-state index contributed by atoms with van der Waals surface area (Å²) >= 11 is 0. The number of carbonyl (C=O) groups excluding carboxylic acids is 5. The third-order valence-corrected chi connectivity index (χ3v) is 6.67. The summed E-state index contributed by atoms with van der Waals surface area (Å²) in [4.78, 5) is 66.2. The first-order valence-electron chi connectivity index (χ1n) is 12.4. The molecule has 0 fully saturated rings. The molecule has 40 heavy (non-hydrogen) atoms. The fourth-order valence-corrected chi connectivity index (χ4v) is 4.76. The van der Waals surface area contributed by atoms with Crippen molar-refractivity contribution in [3.8, 4) is 11.1 Å². The van der Waals surface area contributed by atoms with Crippen molar-refractivity contribution in [2.24, 2.45) is 5.92 Å². The van der Waals surface area contributed by atoms with Gasteiger partial charge in [-0.2, -0.15) is 0 Å². The Kier molecular flexibility index (Phi) is 7.33. The van der Waals surface area contributed by atoms with Gasteiger partial charge in [0.1, 0.15) is 12.0 Å². The summed E-state index contributed by atoms with van der Waals surface area (Å²) < 4.78 is 10.3. The lowest BCUT2D eigenvalue weighted by molar-refractivity contribution is -0.138. The topological polar surface area (TPSA) is 116 Å². The number of hydrogen-bond acceptors (Lipinski definition) is 7. The summed E-state index contributed by atoms with van der Waals surface area (Å²) in [6, 6.07) is 28.3. The molecule has 2 atom stereocenters. The number of hydrogen-bond donors (Lipinski definition) is 1. The van der Waals surface area contributed by atoms with Crippen LogP contribution >= 0.6 is 0 Å². The molecular weight excluding hydrogens is 510 g/mol. The van der Waals surface area contributed by atoms with E-state index in [0.717, 1.165) is 5.56 Å². The minimum Gasteiger partial charge on any atom is -0.465 e. The number of ether oxygens (including phenoxy) is 2. The number of methoxy groups -OCH3 is 1. The van der Waals surface area contributed by atoms with Crippen molar-refractivity contribution in [1.29, 1.82) is 0 Å². The average Bonchev–Trinajstić information content (AvgIpc) is 3.33. The van der Waals surface area contributed by atoms with E-state index in [0.29, 0.717) is 11.1 Å². The maximum Gasteiger partial charge on any atom is 0.339 e. The molecule has 4 aromatic rings. The quantitative estimate of drug-likeness (QED) is 0.146. The van der Waals surface area contributed by atoms with Gasteiger partial charge in [-0.1, -0.05) is 84.9 Å². The zero-order valence-electron chi connectivity index (χ0n) is 21.3. The van der Waals surface area contributed by atoms with Crippen molar-refractivity contribution < 1.29 is 33.4 Å². The van der Waals surface area contributed by atoms with Gasteiger partial charge in [0.2, 0.25) is 5.78 Å². The standard InChI is InChI=1S/C32H23NO7/c1-39-31(37)24-17-9-10-18-25(24)33-30(36)28(35)26(29-22-15-7-8-16-23(22)32(38)40-29)27(34)21-14-6-5-13-20(21)19-11-3-2-4-12-19/h2-18,26,29H,1H3,(H,33,36)/t26-,29-/m1/s1. The van der Waals surface area contributed by atoms with Crippen LogP contribution in [0.25, 0.3) is 11.1 Å². The van der Waals surface area contributed by atoms with Crippen LogP contribution in [0.5, 0.6) is 0 Å². The van der Waals surface area contributed by atoms with Crippen LogP contribution in [0, 0.1) is 5.92 Å². The summed E-state index contributed by atoms with van der Waals surface area (Å²) in [6.07, 6.45) is -1.32. The largest absolute Gasteiger partial charge is 0.465 e. The lowest BCUT2D eigenvalue weighted by Gasteiger charge is -2.22. The smallest absolute Gasteiger partial charge is 0.339 e. The first kappa shape index (κ1) is 26.2. The number of anilines is 1. The highest BCUT2D eigenvalue weighted by Crippen LogP contribution is 2.39. The molecule has 0 bridgehead atoms. The zero-order chi connectivity index (χ0) is 28.2. The normalized spacial score (nSPS) is 14.4. The number of nitrogens with one attached hydrogen (secondary N) is 1. The number of Topliss-reactive ketones (excluding diaryl/α,β-unsaturated/α-hetero) is 2. The van der Waals surface area contributed by atoms with Crippen molar-refractivity contribution in [3.05, 3.63) is 125 Å². The Balaban J connectivity index is 1.57. The van der Waals surface area contributed by atoms with E-state index < -0.39 is 41.4 Å². The molecule has 0 radical (unpaired) electrons. The average molecular weight is 534 g/mol. The van der Waals surface area contributed by atoms with E-state index in [-0.39, 0.29) is 22.4 Å². The van der Waals surface area contributed by atoms with E-state index in [1.165, 1.54) is 25.3 Å². The second kappa shape index (κ2) is 11.2. The maximum atomic E-state index is 14.2. The van der Waals surface area contributed by atoms with Crippen molar-refractivity contribution in [1.82, 2.24) is 0 Å². The van der Waals surface area contributed by atoms with Crippen LogP contribution in [0.1, 0.15) is 42.7 Å². The van der Waals surface area contributed by atoms with Crippen LogP contribution in [-0.4, -0.2) is 36.5 Å². The van der Waals surface area contributed by atoms with Crippen molar-refractivity contribution in [2.75, 3.05) is 12.4 Å². The predicted molar refractivity (Wildman–Crippen MR) is 146 cm³/mol. The second-order valence-electron chi connectivity index (χ2n) is 9.02. The van der Waals surface area contributed by atoms with Gasteiger partial charge in [0.05, 0.1) is 23.9 Å². The van der Waals surface area contributed by atoms with E-state index in [4.69, 9.17) is 9.47 Å². The molecule has 4 aromatic carbocycles. The molecule has 0 aromatic heterocycles. The van der Waals surface area contributed by atoms with E-state index in [1.807, 2.05) is 30.3 Å². The minimum absolute atomic E-state index is 0.0288. The number of carbonyl (C=O) groups is 5. The molecule has 8 heteroatoms.